The molecule has 1 N–H and O–H groups in total. The number of rotatable bonds is 9. The summed E-state index contributed by atoms with van der Waals surface area (Å²) in [6.45, 7) is 2.44. The molecule has 0 saturated carbocycles. The lowest BCUT2D eigenvalue weighted by molar-refractivity contribution is 0.269. The maximum absolute atomic E-state index is 12.2. The van der Waals surface area contributed by atoms with E-state index in [0.29, 0.717) is 39.3 Å². The van der Waals surface area contributed by atoms with E-state index in [2.05, 4.69) is 9.93 Å². The van der Waals surface area contributed by atoms with Crippen LogP contribution in [0.5, 0.6) is 11.5 Å². The highest BCUT2D eigenvalue weighted by molar-refractivity contribution is 7.89. The van der Waals surface area contributed by atoms with Crippen molar-refractivity contribution in [1.82, 2.24) is 4.83 Å². The van der Waals surface area contributed by atoms with Crippen LogP contribution in [0, 0.1) is 0 Å². The lowest BCUT2D eigenvalue weighted by Gasteiger charge is -2.14. The summed E-state index contributed by atoms with van der Waals surface area (Å²) in [6.07, 6.45) is 1.39. The Morgan fingerprint density at radius 2 is 1.65 bits per heavy atom. The van der Waals surface area contributed by atoms with E-state index in [9.17, 15) is 8.42 Å². The molecule has 0 aliphatic heterocycles. The fourth-order valence-corrected chi connectivity index (χ4v) is 3.95. The van der Waals surface area contributed by atoms with E-state index >= 15 is 0 Å². The second kappa shape index (κ2) is 10.5. The number of hydrogen-bond donors (Lipinski definition) is 1. The molecule has 162 valence electrons. The summed E-state index contributed by atoms with van der Waals surface area (Å²) in [6, 6.07) is 18.4. The van der Waals surface area contributed by atoms with Gasteiger partial charge in [-0.05, 0) is 55.0 Å². The molecule has 0 aromatic heterocycles. The normalized spacial score (nSPS) is 11.5. The average Bonchev–Trinajstić information content (AvgIpc) is 2.75. The van der Waals surface area contributed by atoms with Crippen LogP contribution in [-0.2, 0) is 16.6 Å². The topological polar surface area (TPSA) is 77.0 Å². The zero-order valence-corrected chi connectivity index (χ0v) is 18.9. The first-order valence-electron chi connectivity index (χ1n) is 9.33. The van der Waals surface area contributed by atoms with Crippen molar-refractivity contribution in [3.8, 4) is 11.5 Å². The summed E-state index contributed by atoms with van der Waals surface area (Å²) in [7, 11) is -3.74. The Balaban J connectivity index is 1.73. The molecule has 0 unspecified atom stereocenters. The van der Waals surface area contributed by atoms with Crippen LogP contribution in [0.15, 0.2) is 76.7 Å². The van der Waals surface area contributed by atoms with Gasteiger partial charge in [0.05, 0.1) is 17.7 Å². The molecular formula is C22H20Cl2N2O4S. The van der Waals surface area contributed by atoms with E-state index in [4.69, 9.17) is 32.7 Å². The van der Waals surface area contributed by atoms with Crippen molar-refractivity contribution >= 4 is 39.4 Å². The maximum atomic E-state index is 12.2. The van der Waals surface area contributed by atoms with Crippen molar-refractivity contribution < 1.29 is 17.9 Å². The standard InChI is InChI=1S/C22H20Cl2N2O4S/c1-2-29-22-13-16(14-25-26-31(27,28)17-7-4-3-5-8-17)11-12-21(22)30-15-18-19(23)9-6-10-20(18)24/h3-14,26H,2,15H2,1H3/b25-14-. The molecule has 3 rings (SSSR count). The van der Waals surface area contributed by atoms with Gasteiger partial charge >= 0.3 is 0 Å². The van der Waals surface area contributed by atoms with Crippen molar-refractivity contribution in [2.24, 2.45) is 5.10 Å². The van der Waals surface area contributed by atoms with Crippen molar-refractivity contribution in [3.05, 3.63) is 87.9 Å². The molecule has 9 heteroatoms. The van der Waals surface area contributed by atoms with Gasteiger partial charge in [0.1, 0.15) is 6.61 Å². The van der Waals surface area contributed by atoms with Gasteiger partial charge in [0.25, 0.3) is 10.0 Å². The average molecular weight is 479 g/mol. The van der Waals surface area contributed by atoms with Crippen LogP contribution in [0.2, 0.25) is 10.0 Å². The molecular weight excluding hydrogens is 459 g/mol. The molecule has 0 aliphatic carbocycles. The van der Waals surface area contributed by atoms with Gasteiger partial charge in [-0.2, -0.15) is 13.5 Å². The maximum Gasteiger partial charge on any atom is 0.276 e. The summed E-state index contributed by atoms with van der Waals surface area (Å²) in [5, 5.41) is 4.87. The van der Waals surface area contributed by atoms with Crippen LogP contribution in [0.4, 0.5) is 0 Å². The molecule has 31 heavy (non-hydrogen) atoms. The number of nitrogens with zero attached hydrogens (tertiary/aromatic N) is 1. The van der Waals surface area contributed by atoms with Crippen LogP contribution in [0.3, 0.4) is 0 Å². The largest absolute Gasteiger partial charge is 0.490 e. The Hall–Kier alpha value is -2.74. The Kier molecular flexibility index (Phi) is 7.79. The number of nitrogens with one attached hydrogen (secondary N) is 1. The van der Waals surface area contributed by atoms with E-state index in [1.54, 1.807) is 54.6 Å². The van der Waals surface area contributed by atoms with E-state index in [0.717, 1.165) is 0 Å². The molecule has 3 aromatic carbocycles. The monoisotopic (exact) mass is 478 g/mol. The zero-order chi connectivity index (χ0) is 22.3. The highest BCUT2D eigenvalue weighted by Gasteiger charge is 2.12. The fourth-order valence-electron chi connectivity index (χ4n) is 2.64. The van der Waals surface area contributed by atoms with Gasteiger partial charge in [-0.1, -0.05) is 47.5 Å². The highest BCUT2D eigenvalue weighted by atomic mass is 35.5. The second-order valence-electron chi connectivity index (χ2n) is 6.29. The second-order valence-corrected chi connectivity index (χ2v) is 8.77. The van der Waals surface area contributed by atoms with Crippen LogP contribution in [-0.4, -0.2) is 21.2 Å². The van der Waals surface area contributed by atoms with Crippen molar-refractivity contribution in [2.75, 3.05) is 6.61 Å². The molecule has 3 aromatic rings. The van der Waals surface area contributed by atoms with E-state index in [-0.39, 0.29) is 11.5 Å². The van der Waals surface area contributed by atoms with Crippen molar-refractivity contribution in [2.45, 2.75) is 18.4 Å². The van der Waals surface area contributed by atoms with Gasteiger partial charge in [-0.3, -0.25) is 0 Å². The minimum atomic E-state index is -3.74. The minimum absolute atomic E-state index is 0.129. The quantitative estimate of drug-likeness (QED) is 0.335. The summed E-state index contributed by atoms with van der Waals surface area (Å²) in [5.41, 5.74) is 1.30. The highest BCUT2D eigenvalue weighted by Crippen LogP contribution is 2.31. The molecule has 0 spiro atoms. The van der Waals surface area contributed by atoms with Crippen molar-refractivity contribution in [1.29, 1.82) is 0 Å². The molecule has 0 heterocycles. The third-order valence-corrected chi connectivity index (χ3v) is 6.09. The number of ether oxygens (including phenoxy) is 2. The van der Waals surface area contributed by atoms with Crippen molar-refractivity contribution in [3.63, 3.8) is 0 Å². The van der Waals surface area contributed by atoms with Gasteiger partial charge in [0, 0.05) is 15.6 Å². The lowest BCUT2D eigenvalue weighted by atomic mass is 10.2. The van der Waals surface area contributed by atoms with Gasteiger partial charge < -0.3 is 9.47 Å². The predicted octanol–water partition coefficient (Wildman–Crippen LogP) is 5.28. The molecule has 0 aliphatic rings. The Labute approximate surface area is 191 Å². The third kappa shape index (κ3) is 6.13. The molecule has 0 amide bonds. The first-order chi connectivity index (χ1) is 14.9. The SMILES string of the molecule is CCOc1cc(/C=N\NS(=O)(=O)c2ccccc2)ccc1OCc1c(Cl)cccc1Cl. The number of hydrazone groups is 1. The van der Waals surface area contributed by atoms with Gasteiger partial charge in [0.15, 0.2) is 11.5 Å². The zero-order valence-electron chi connectivity index (χ0n) is 16.6. The van der Waals surface area contributed by atoms with Crippen LogP contribution in [0.1, 0.15) is 18.1 Å². The molecule has 0 atom stereocenters. The van der Waals surface area contributed by atoms with Crippen LogP contribution >= 0.6 is 23.2 Å². The smallest absolute Gasteiger partial charge is 0.276 e. The Bertz CT molecular complexity index is 1150. The van der Waals surface area contributed by atoms with Crippen LogP contribution in [0.25, 0.3) is 0 Å². The summed E-state index contributed by atoms with van der Waals surface area (Å²) >= 11 is 12.4. The van der Waals surface area contributed by atoms with Gasteiger partial charge in [-0.15, -0.1) is 0 Å². The summed E-state index contributed by atoms with van der Waals surface area (Å²) < 4.78 is 36.0. The number of sulfonamides is 1. The fraction of sp³-hybridized carbons (Fsp3) is 0.136. The predicted molar refractivity (Wildman–Crippen MR) is 123 cm³/mol. The molecule has 0 fully saturated rings. The summed E-state index contributed by atoms with van der Waals surface area (Å²) in [5.74, 6) is 0.986. The van der Waals surface area contributed by atoms with E-state index < -0.39 is 10.0 Å². The molecule has 0 saturated heterocycles. The van der Waals surface area contributed by atoms with Gasteiger partial charge in [0.2, 0.25) is 0 Å². The lowest BCUT2D eigenvalue weighted by Crippen LogP contribution is -2.18. The van der Waals surface area contributed by atoms with E-state index in [1.165, 1.54) is 18.3 Å². The number of hydrogen-bond acceptors (Lipinski definition) is 5. The number of halogens is 2. The van der Waals surface area contributed by atoms with Crippen LogP contribution < -0.4 is 14.3 Å². The molecule has 0 bridgehead atoms. The third-order valence-electron chi connectivity index (χ3n) is 4.14. The number of benzene rings is 3. The van der Waals surface area contributed by atoms with Gasteiger partial charge in [-0.25, -0.2) is 4.83 Å². The minimum Gasteiger partial charge on any atom is -0.490 e. The first-order valence-corrected chi connectivity index (χ1v) is 11.6. The first kappa shape index (κ1) is 22.9. The molecule has 6 nitrogen and oxygen atoms in total. The summed E-state index contributed by atoms with van der Waals surface area (Å²) in [4.78, 5) is 2.32. The van der Waals surface area contributed by atoms with E-state index in [1.807, 2.05) is 6.92 Å². The molecule has 0 radical (unpaired) electrons. The Morgan fingerprint density at radius 1 is 0.935 bits per heavy atom. The Morgan fingerprint density at radius 3 is 2.32 bits per heavy atom.